The highest BCUT2D eigenvalue weighted by molar-refractivity contribution is 5.69. The normalized spacial score (nSPS) is 9.26. The van der Waals surface area contributed by atoms with E-state index in [2.05, 4.69) is 38.1 Å². The molecule has 2 nitrogen and oxygen atoms in total. The van der Waals surface area contributed by atoms with Crippen LogP contribution in [0.3, 0.4) is 0 Å². The Morgan fingerprint density at radius 3 is 1.37 bits per heavy atom. The van der Waals surface area contributed by atoms with Gasteiger partial charge in [0.1, 0.15) is 5.75 Å². The molecule has 0 bridgehead atoms. The number of rotatable bonds is 1. The smallest absolute Gasteiger partial charge is 0.308 e. The van der Waals surface area contributed by atoms with Crippen LogP contribution in [0.1, 0.15) is 23.6 Å². The minimum Gasteiger partial charge on any atom is -0.427 e. The summed E-state index contributed by atoms with van der Waals surface area (Å²) in [5, 5.41) is 0. The first-order valence-corrected chi connectivity index (χ1v) is 6.26. The molecule has 0 saturated heterocycles. The maximum atomic E-state index is 10.5. The van der Waals surface area contributed by atoms with Crippen molar-refractivity contribution in [3.63, 3.8) is 0 Å². The average molecular weight is 256 g/mol. The van der Waals surface area contributed by atoms with E-state index in [1.165, 1.54) is 18.1 Å². The first-order chi connectivity index (χ1) is 8.97. The molecule has 2 aromatic carbocycles. The second-order valence-corrected chi connectivity index (χ2v) is 4.56. The molecule has 19 heavy (non-hydrogen) atoms. The fourth-order valence-corrected chi connectivity index (χ4v) is 1.41. The molecule has 0 N–H and O–H groups in total. The highest BCUT2D eigenvalue weighted by Crippen LogP contribution is 2.10. The first-order valence-electron chi connectivity index (χ1n) is 6.26. The summed E-state index contributed by atoms with van der Waals surface area (Å²) in [6.07, 6.45) is 0. The molecule has 0 aliphatic carbocycles. The van der Waals surface area contributed by atoms with Crippen molar-refractivity contribution in [3.8, 4) is 5.75 Å². The summed E-state index contributed by atoms with van der Waals surface area (Å²) in [7, 11) is 0. The summed E-state index contributed by atoms with van der Waals surface area (Å²) >= 11 is 0. The maximum Gasteiger partial charge on any atom is 0.308 e. The molecule has 0 fully saturated rings. The molecule has 0 atom stereocenters. The number of hydrogen-bond acceptors (Lipinski definition) is 2. The van der Waals surface area contributed by atoms with Crippen molar-refractivity contribution in [2.24, 2.45) is 0 Å². The Bertz CT molecular complexity index is 489. The first kappa shape index (κ1) is 15.0. The van der Waals surface area contributed by atoms with Gasteiger partial charge in [-0.25, -0.2) is 0 Å². The predicted octanol–water partition coefficient (Wildman–Crippen LogP) is 4.22. The lowest BCUT2D eigenvalue weighted by atomic mass is 10.2. The van der Waals surface area contributed by atoms with Crippen LogP contribution in [-0.4, -0.2) is 5.97 Å². The number of esters is 1. The minimum atomic E-state index is -0.283. The van der Waals surface area contributed by atoms with E-state index in [0.717, 1.165) is 5.56 Å². The molecular weight excluding hydrogens is 236 g/mol. The highest BCUT2D eigenvalue weighted by atomic mass is 16.5. The molecule has 0 unspecified atom stereocenters. The van der Waals surface area contributed by atoms with Crippen LogP contribution in [0, 0.1) is 20.8 Å². The van der Waals surface area contributed by atoms with E-state index in [-0.39, 0.29) is 5.97 Å². The number of hydrogen-bond donors (Lipinski definition) is 0. The molecule has 0 spiro atoms. The van der Waals surface area contributed by atoms with E-state index in [4.69, 9.17) is 4.74 Å². The molecule has 0 amide bonds. The molecule has 0 aromatic heterocycles. The van der Waals surface area contributed by atoms with Crippen molar-refractivity contribution in [3.05, 3.63) is 65.2 Å². The zero-order valence-electron chi connectivity index (χ0n) is 11.9. The van der Waals surface area contributed by atoms with Gasteiger partial charge in [-0.15, -0.1) is 0 Å². The van der Waals surface area contributed by atoms with Crippen molar-refractivity contribution in [2.75, 3.05) is 0 Å². The molecule has 0 radical (unpaired) electrons. The van der Waals surface area contributed by atoms with Gasteiger partial charge in [0.15, 0.2) is 0 Å². The fourth-order valence-electron chi connectivity index (χ4n) is 1.41. The third kappa shape index (κ3) is 6.41. The molecule has 100 valence electrons. The van der Waals surface area contributed by atoms with Gasteiger partial charge in [-0.2, -0.15) is 0 Å². The zero-order valence-corrected chi connectivity index (χ0v) is 11.9. The summed E-state index contributed by atoms with van der Waals surface area (Å²) < 4.78 is 4.83. The second-order valence-electron chi connectivity index (χ2n) is 4.56. The predicted molar refractivity (Wildman–Crippen MR) is 78.4 cm³/mol. The van der Waals surface area contributed by atoms with E-state index in [9.17, 15) is 4.79 Å². The van der Waals surface area contributed by atoms with Gasteiger partial charge in [-0.05, 0) is 32.9 Å². The Hall–Kier alpha value is -2.09. The Morgan fingerprint density at radius 2 is 1.05 bits per heavy atom. The SMILES string of the molecule is CC(=O)Oc1ccc(C)cc1.Cc1ccc(C)cc1. The van der Waals surface area contributed by atoms with Gasteiger partial charge >= 0.3 is 5.97 Å². The molecule has 2 aromatic rings. The van der Waals surface area contributed by atoms with Crippen LogP contribution in [0.4, 0.5) is 0 Å². The van der Waals surface area contributed by atoms with E-state index in [0.29, 0.717) is 5.75 Å². The molecule has 0 aliphatic rings. The summed E-state index contributed by atoms with van der Waals surface area (Å²) in [6.45, 7) is 7.57. The van der Waals surface area contributed by atoms with E-state index >= 15 is 0 Å². The minimum absolute atomic E-state index is 0.283. The summed E-state index contributed by atoms with van der Waals surface area (Å²) in [4.78, 5) is 10.5. The van der Waals surface area contributed by atoms with Gasteiger partial charge in [0.25, 0.3) is 0 Å². The molecule has 0 saturated carbocycles. The lowest BCUT2D eigenvalue weighted by Gasteiger charge is -1.99. The Kier molecular flexibility index (Phi) is 5.80. The van der Waals surface area contributed by atoms with Crippen LogP contribution in [0.15, 0.2) is 48.5 Å². The van der Waals surface area contributed by atoms with Crippen molar-refractivity contribution < 1.29 is 9.53 Å². The standard InChI is InChI=1S/C9H10O2.C8H10/c1-7-3-5-9(6-4-7)11-8(2)10;1-7-3-5-8(2)6-4-7/h3-6H,1-2H3;3-6H,1-2H3. The summed E-state index contributed by atoms with van der Waals surface area (Å²) in [6, 6.07) is 15.8. The van der Waals surface area contributed by atoms with Gasteiger partial charge in [0.05, 0.1) is 0 Å². The Labute approximate surface area is 115 Å². The third-order valence-corrected chi connectivity index (χ3v) is 2.50. The Morgan fingerprint density at radius 1 is 0.737 bits per heavy atom. The van der Waals surface area contributed by atoms with Gasteiger partial charge < -0.3 is 4.74 Å². The average Bonchev–Trinajstić information content (AvgIpc) is 2.36. The molecule has 0 heterocycles. The quantitative estimate of drug-likeness (QED) is 0.564. The lowest BCUT2D eigenvalue weighted by molar-refractivity contribution is -0.131. The number of aryl methyl sites for hydroxylation is 3. The van der Waals surface area contributed by atoms with Crippen LogP contribution in [-0.2, 0) is 4.79 Å². The van der Waals surface area contributed by atoms with E-state index in [1.54, 1.807) is 12.1 Å². The lowest BCUT2D eigenvalue weighted by Crippen LogP contribution is -2.00. The molecule has 0 aliphatic heterocycles. The summed E-state index contributed by atoms with van der Waals surface area (Å²) in [5.41, 5.74) is 3.81. The van der Waals surface area contributed by atoms with Crippen LogP contribution in [0.25, 0.3) is 0 Å². The van der Waals surface area contributed by atoms with Crippen molar-refractivity contribution in [1.82, 2.24) is 0 Å². The zero-order chi connectivity index (χ0) is 14.3. The molecule has 2 rings (SSSR count). The van der Waals surface area contributed by atoms with E-state index < -0.39 is 0 Å². The third-order valence-electron chi connectivity index (χ3n) is 2.50. The van der Waals surface area contributed by atoms with Crippen LogP contribution >= 0.6 is 0 Å². The number of carbonyl (C=O) groups is 1. The van der Waals surface area contributed by atoms with Gasteiger partial charge in [-0.1, -0.05) is 53.1 Å². The second kappa shape index (κ2) is 7.37. The number of carbonyl (C=O) groups excluding carboxylic acids is 1. The molecule has 2 heteroatoms. The van der Waals surface area contributed by atoms with Crippen molar-refractivity contribution in [2.45, 2.75) is 27.7 Å². The van der Waals surface area contributed by atoms with Crippen LogP contribution in [0.2, 0.25) is 0 Å². The maximum absolute atomic E-state index is 10.5. The van der Waals surface area contributed by atoms with Gasteiger partial charge in [0.2, 0.25) is 0 Å². The van der Waals surface area contributed by atoms with Crippen molar-refractivity contribution in [1.29, 1.82) is 0 Å². The molecular formula is C17H20O2. The van der Waals surface area contributed by atoms with E-state index in [1.807, 2.05) is 19.1 Å². The fraction of sp³-hybridized carbons (Fsp3) is 0.235. The van der Waals surface area contributed by atoms with Crippen LogP contribution in [0.5, 0.6) is 5.75 Å². The topological polar surface area (TPSA) is 26.3 Å². The highest BCUT2D eigenvalue weighted by Gasteiger charge is 1.94. The van der Waals surface area contributed by atoms with Gasteiger partial charge in [-0.3, -0.25) is 4.79 Å². The monoisotopic (exact) mass is 256 g/mol. The van der Waals surface area contributed by atoms with Gasteiger partial charge in [0, 0.05) is 6.92 Å². The Balaban J connectivity index is 0.000000200. The summed E-state index contributed by atoms with van der Waals surface area (Å²) in [5.74, 6) is 0.317. The largest absolute Gasteiger partial charge is 0.427 e. The van der Waals surface area contributed by atoms with Crippen LogP contribution < -0.4 is 4.74 Å². The number of benzene rings is 2. The van der Waals surface area contributed by atoms with Crippen molar-refractivity contribution >= 4 is 5.97 Å². The number of ether oxygens (including phenoxy) is 1.